The van der Waals surface area contributed by atoms with Crippen molar-refractivity contribution in [2.45, 2.75) is 13.5 Å². The van der Waals surface area contributed by atoms with Crippen LogP contribution in [0, 0.1) is 6.92 Å². The van der Waals surface area contributed by atoms with Gasteiger partial charge < -0.3 is 9.72 Å². The molecule has 0 aromatic carbocycles. The number of carbonyl (C=O) groups is 1. The first kappa shape index (κ1) is 11.9. The molecule has 0 aliphatic carbocycles. The van der Waals surface area contributed by atoms with Gasteiger partial charge in [-0.05, 0) is 19.1 Å². The minimum atomic E-state index is -0.135. The van der Waals surface area contributed by atoms with E-state index >= 15 is 0 Å². The van der Waals surface area contributed by atoms with Gasteiger partial charge in [-0.25, -0.2) is 9.97 Å². The van der Waals surface area contributed by atoms with Crippen LogP contribution in [0.25, 0.3) is 5.65 Å². The van der Waals surface area contributed by atoms with Gasteiger partial charge in [-0.1, -0.05) is 0 Å². The number of nitrogens with zero attached hydrogens (tertiary/aromatic N) is 3. The monoisotopic (exact) mass is 272 g/mol. The summed E-state index contributed by atoms with van der Waals surface area (Å²) < 4.78 is 1.82. The molecule has 0 unspecified atom stereocenters. The van der Waals surface area contributed by atoms with Crippen molar-refractivity contribution in [3.8, 4) is 0 Å². The summed E-state index contributed by atoms with van der Waals surface area (Å²) in [5.41, 5.74) is 2.21. The molecule has 1 N–H and O–H groups in total. The maximum absolute atomic E-state index is 12.1. The molecule has 0 atom stereocenters. The molecule has 0 saturated carbocycles. The molecule has 5 nitrogen and oxygen atoms in total. The summed E-state index contributed by atoms with van der Waals surface area (Å²) in [4.78, 5) is 20.6. The molecule has 19 heavy (non-hydrogen) atoms. The predicted molar refractivity (Wildman–Crippen MR) is 73.2 cm³/mol. The molecule has 0 aliphatic heterocycles. The fraction of sp³-hybridized carbons (Fsp3) is 0.154. The first-order chi connectivity index (χ1) is 9.24. The number of hydrogen-bond acceptors (Lipinski definition) is 4. The standard InChI is InChI=1S/C13H12N4OS/c1-9-8-19-11(16-9)7-15-13(18)10-3-2-5-17-6-4-14-12(10)17/h2-6,8H,7H2,1H3,(H,15,18). The Morgan fingerprint density at radius 3 is 3.16 bits per heavy atom. The topological polar surface area (TPSA) is 59.3 Å². The highest BCUT2D eigenvalue weighted by atomic mass is 32.1. The summed E-state index contributed by atoms with van der Waals surface area (Å²) in [6, 6.07) is 3.60. The number of imidazole rings is 1. The minimum Gasteiger partial charge on any atom is -0.345 e. The second-order valence-corrected chi connectivity index (χ2v) is 5.09. The molecule has 1 amide bonds. The number of fused-ring (bicyclic) bond motifs is 1. The number of thiazole rings is 1. The lowest BCUT2D eigenvalue weighted by molar-refractivity contribution is 0.0952. The summed E-state index contributed by atoms with van der Waals surface area (Å²) in [5, 5.41) is 5.74. The third-order valence-electron chi connectivity index (χ3n) is 2.73. The number of hydrogen-bond donors (Lipinski definition) is 1. The van der Waals surface area contributed by atoms with Crippen molar-refractivity contribution >= 4 is 22.9 Å². The van der Waals surface area contributed by atoms with E-state index in [2.05, 4.69) is 15.3 Å². The molecule has 0 radical (unpaired) electrons. The second-order valence-electron chi connectivity index (χ2n) is 4.15. The molecule has 0 aliphatic rings. The summed E-state index contributed by atoms with van der Waals surface area (Å²) in [5.74, 6) is -0.135. The molecule has 3 aromatic rings. The molecule has 96 valence electrons. The zero-order chi connectivity index (χ0) is 13.2. The number of rotatable bonds is 3. The van der Waals surface area contributed by atoms with Crippen LogP contribution in [-0.4, -0.2) is 20.3 Å². The number of pyridine rings is 1. The van der Waals surface area contributed by atoms with E-state index in [1.54, 1.807) is 23.6 Å². The van der Waals surface area contributed by atoms with Gasteiger partial charge in [-0.3, -0.25) is 4.79 Å². The highest BCUT2D eigenvalue weighted by Gasteiger charge is 2.11. The fourth-order valence-electron chi connectivity index (χ4n) is 1.86. The number of carbonyl (C=O) groups excluding carboxylic acids is 1. The Hall–Kier alpha value is -2.21. The maximum atomic E-state index is 12.1. The van der Waals surface area contributed by atoms with Gasteiger partial charge in [-0.2, -0.15) is 0 Å². The van der Waals surface area contributed by atoms with E-state index in [4.69, 9.17) is 0 Å². The molecule has 3 rings (SSSR count). The predicted octanol–water partition coefficient (Wildman–Crippen LogP) is 2.03. The van der Waals surface area contributed by atoms with E-state index in [-0.39, 0.29) is 5.91 Å². The summed E-state index contributed by atoms with van der Waals surface area (Å²) >= 11 is 1.55. The molecule has 0 spiro atoms. The van der Waals surface area contributed by atoms with Crippen molar-refractivity contribution < 1.29 is 4.79 Å². The first-order valence-corrected chi connectivity index (χ1v) is 6.73. The SMILES string of the molecule is Cc1csc(CNC(=O)c2cccn3ccnc23)n1. The van der Waals surface area contributed by atoms with E-state index in [0.717, 1.165) is 10.7 Å². The lowest BCUT2D eigenvalue weighted by Gasteiger charge is -2.04. The Kier molecular flexibility index (Phi) is 3.00. The number of amides is 1. The fourth-order valence-corrected chi connectivity index (χ4v) is 2.57. The van der Waals surface area contributed by atoms with Gasteiger partial charge >= 0.3 is 0 Å². The van der Waals surface area contributed by atoms with E-state index < -0.39 is 0 Å². The van der Waals surface area contributed by atoms with E-state index in [1.165, 1.54) is 0 Å². The first-order valence-electron chi connectivity index (χ1n) is 5.85. The van der Waals surface area contributed by atoms with Crippen LogP contribution in [0.4, 0.5) is 0 Å². The number of nitrogens with one attached hydrogen (secondary N) is 1. The largest absolute Gasteiger partial charge is 0.345 e. The molecule has 6 heteroatoms. The van der Waals surface area contributed by atoms with E-state index in [1.807, 2.05) is 35.2 Å². The highest BCUT2D eigenvalue weighted by Crippen LogP contribution is 2.10. The van der Waals surface area contributed by atoms with Gasteiger partial charge in [0.1, 0.15) is 10.7 Å². The smallest absolute Gasteiger partial charge is 0.255 e. The Balaban J connectivity index is 1.78. The van der Waals surface area contributed by atoms with Gasteiger partial charge in [-0.15, -0.1) is 11.3 Å². The van der Waals surface area contributed by atoms with Gasteiger partial charge in [0.25, 0.3) is 5.91 Å². The van der Waals surface area contributed by atoms with Crippen LogP contribution in [0.3, 0.4) is 0 Å². The minimum absolute atomic E-state index is 0.135. The average Bonchev–Trinajstić information content (AvgIpc) is 3.03. The molecule has 3 heterocycles. The lowest BCUT2D eigenvalue weighted by Crippen LogP contribution is -2.23. The average molecular weight is 272 g/mol. The molecule has 0 fully saturated rings. The summed E-state index contributed by atoms with van der Waals surface area (Å²) in [6.45, 7) is 2.38. The van der Waals surface area contributed by atoms with Crippen LogP contribution in [0.2, 0.25) is 0 Å². The van der Waals surface area contributed by atoms with E-state index in [0.29, 0.717) is 17.8 Å². The number of aromatic nitrogens is 3. The van der Waals surface area contributed by atoms with Crippen LogP contribution < -0.4 is 5.32 Å². The lowest BCUT2D eigenvalue weighted by atomic mass is 10.2. The Labute approximate surface area is 113 Å². The third kappa shape index (κ3) is 2.34. The molecular formula is C13H12N4OS. The van der Waals surface area contributed by atoms with Gasteiger partial charge in [0.2, 0.25) is 0 Å². The molecule has 0 bridgehead atoms. The maximum Gasteiger partial charge on any atom is 0.255 e. The Morgan fingerprint density at radius 1 is 1.47 bits per heavy atom. The van der Waals surface area contributed by atoms with Crippen molar-refractivity contribution in [1.82, 2.24) is 19.7 Å². The van der Waals surface area contributed by atoms with Crippen LogP contribution in [0.15, 0.2) is 36.1 Å². The van der Waals surface area contributed by atoms with Crippen LogP contribution in [0.5, 0.6) is 0 Å². The molecule has 0 saturated heterocycles. The number of aryl methyl sites for hydroxylation is 1. The van der Waals surface area contributed by atoms with Crippen molar-refractivity contribution in [1.29, 1.82) is 0 Å². The zero-order valence-electron chi connectivity index (χ0n) is 10.3. The van der Waals surface area contributed by atoms with Crippen molar-refractivity contribution in [3.63, 3.8) is 0 Å². The quantitative estimate of drug-likeness (QED) is 0.793. The van der Waals surface area contributed by atoms with Crippen LogP contribution in [-0.2, 0) is 6.54 Å². The van der Waals surface area contributed by atoms with Gasteiger partial charge in [0.05, 0.1) is 12.1 Å². The van der Waals surface area contributed by atoms with Crippen molar-refractivity contribution in [2.24, 2.45) is 0 Å². The van der Waals surface area contributed by atoms with Gasteiger partial charge in [0.15, 0.2) is 0 Å². The normalized spacial score (nSPS) is 10.8. The molecule has 3 aromatic heterocycles. The zero-order valence-corrected chi connectivity index (χ0v) is 11.1. The summed E-state index contributed by atoms with van der Waals surface area (Å²) in [6.07, 6.45) is 5.36. The van der Waals surface area contributed by atoms with Crippen LogP contribution in [0.1, 0.15) is 21.1 Å². The Bertz CT molecular complexity index is 731. The van der Waals surface area contributed by atoms with Crippen LogP contribution >= 0.6 is 11.3 Å². The summed E-state index contributed by atoms with van der Waals surface area (Å²) in [7, 11) is 0. The Morgan fingerprint density at radius 2 is 2.37 bits per heavy atom. The molecular weight excluding hydrogens is 260 g/mol. The second kappa shape index (κ2) is 4.81. The van der Waals surface area contributed by atoms with Crippen molar-refractivity contribution in [2.75, 3.05) is 0 Å². The third-order valence-corrected chi connectivity index (χ3v) is 3.70. The van der Waals surface area contributed by atoms with E-state index in [9.17, 15) is 4.79 Å². The highest BCUT2D eigenvalue weighted by molar-refractivity contribution is 7.09. The van der Waals surface area contributed by atoms with Crippen molar-refractivity contribution in [3.05, 3.63) is 52.4 Å². The van der Waals surface area contributed by atoms with Gasteiger partial charge in [0, 0.05) is 29.7 Å².